The van der Waals surface area contributed by atoms with Gasteiger partial charge in [-0.25, -0.2) is 0 Å². The van der Waals surface area contributed by atoms with Crippen LogP contribution < -0.4 is 9.47 Å². The first-order valence-electron chi connectivity index (χ1n) is 4.75. The Bertz CT molecular complexity index is 386. The van der Waals surface area contributed by atoms with Gasteiger partial charge < -0.3 is 14.6 Å². The SMILES string of the molecule is COc1cc(C2(O)CC2)c(OC)cc1Cl. The lowest BCUT2D eigenvalue weighted by Gasteiger charge is -2.15. The van der Waals surface area contributed by atoms with Crippen molar-refractivity contribution in [3.63, 3.8) is 0 Å². The number of halogens is 1. The average molecular weight is 229 g/mol. The van der Waals surface area contributed by atoms with Crippen LogP contribution in [0.25, 0.3) is 0 Å². The average Bonchev–Trinajstić information content (AvgIpc) is 2.97. The summed E-state index contributed by atoms with van der Waals surface area (Å²) in [5.41, 5.74) is 0.00897. The first kappa shape index (κ1) is 10.6. The van der Waals surface area contributed by atoms with E-state index in [9.17, 15) is 5.11 Å². The summed E-state index contributed by atoms with van der Waals surface area (Å²) >= 11 is 5.96. The van der Waals surface area contributed by atoms with Crippen molar-refractivity contribution in [1.29, 1.82) is 0 Å². The van der Waals surface area contributed by atoms with Gasteiger partial charge >= 0.3 is 0 Å². The molecule has 1 N–H and O–H groups in total. The number of ether oxygens (including phenoxy) is 2. The standard InChI is InChI=1S/C11H13ClO3/c1-14-9-6-8(12)10(15-2)5-7(9)11(13)3-4-11/h5-6,13H,3-4H2,1-2H3. The maximum Gasteiger partial charge on any atom is 0.138 e. The van der Waals surface area contributed by atoms with Gasteiger partial charge in [-0.2, -0.15) is 0 Å². The smallest absolute Gasteiger partial charge is 0.138 e. The Kier molecular flexibility index (Phi) is 2.52. The van der Waals surface area contributed by atoms with Gasteiger partial charge in [0.05, 0.1) is 24.8 Å². The molecule has 15 heavy (non-hydrogen) atoms. The molecule has 4 heteroatoms. The van der Waals surface area contributed by atoms with Gasteiger partial charge in [-0.15, -0.1) is 0 Å². The summed E-state index contributed by atoms with van der Waals surface area (Å²) in [4.78, 5) is 0. The molecule has 0 unspecified atom stereocenters. The van der Waals surface area contributed by atoms with E-state index in [0.29, 0.717) is 16.5 Å². The molecule has 1 aliphatic rings. The highest BCUT2D eigenvalue weighted by molar-refractivity contribution is 6.32. The highest BCUT2D eigenvalue weighted by Gasteiger charge is 2.44. The fourth-order valence-corrected chi connectivity index (χ4v) is 1.84. The monoisotopic (exact) mass is 228 g/mol. The summed E-state index contributed by atoms with van der Waals surface area (Å²) in [6.45, 7) is 0. The van der Waals surface area contributed by atoms with Crippen LogP contribution in [0.15, 0.2) is 12.1 Å². The maximum atomic E-state index is 10.0. The molecule has 2 rings (SSSR count). The molecule has 0 bridgehead atoms. The first-order chi connectivity index (χ1) is 7.10. The van der Waals surface area contributed by atoms with Crippen molar-refractivity contribution in [2.75, 3.05) is 14.2 Å². The van der Waals surface area contributed by atoms with Crippen LogP contribution >= 0.6 is 11.6 Å². The Labute approximate surface area is 93.6 Å². The Balaban J connectivity index is 2.51. The van der Waals surface area contributed by atoms with Crippen molar-refractivity contribution in [2.45, 2.75) is 18.4 Å². The van der Waals surface area contributed by atoms with E-state index in [4.69, 9.17) is 21.1 Å². The zero-order valence-electron chi connectivity index (χ0n) is 8.71. The van der Waals surface area contributed by atoms with Crippen molar-refractivity contribution in [3.8, 4) is 11.5 Å². The van der Waals surface area contributed by atoms with Crippen molar-refractivity contribution in [2.24, 2.45) is 0 Å². The lowest BCUT2D eigenvalue weighted by molar-refractivity contribution is 0.147. The number of rotatable bonds is 3. The molecule has 0 heterocycles. The van der Waals surface area contributed by atoms with Gasteiger partial charge in [0.25, 0.3) is 0 Å². The summed E-state index contributed by atoms with van der Waals surface area (Å²) < 4.78 is 10.3. The second-order valence-electron chi connectivity index (χ2n) is 3.72. The highest BCUT2D eigenvalue weighted by Crippen LogP contribution is 2.50. The quantitative estimate of drug-likeness (QED) is 0.863. The highest BCUT2D eigenvalue weighted by atomic mass is 35.5. The van der Waals surface area contributed by atoms with E-state index in [1.54, 1.807) is 26.4 Å². The molecule has 1 aliphatic carbocycles. The second-order valence-corrected chi connectivity index (χ2v) is 4.13. The number of benzene rings is 1. The fraction of sp³-hybridized carbons (Fsp3) is 0.455. The van der Waals surface area contributed by atoms with Gasteiger partial charge in [0, 0.05) is 11.6 Å². The molecule has 0 radical (unpaired) electrons. The van der Waals surface area contributed by atoms with Crippen LogP contribution in [-0.4, -0.2) is 19.3 Å². The molecule has 0 aromatic heterocycles. The van der Waals surface area contributed by atoms with Crippen LogP contribution in [0, 0.1) is 0 Å². The van der Waals surface area contributed by atoms with Crippen LogP contribution in [0.4, 0.5) is 0 Å². The Morgan fingerprint density at radius 3 is 2.27 bits per heavy atom. The minimum Gasteiger partial charge on any atom is -0.496 e. The summed E-state index contributed by atoms with van der Waals surface area (Å²) in [6, 6.07) is 3.42. The van der Waals surface area contributed by atoms with E-state index in [2.05, 4.69) is 0 Å². The molecule has 1 fully saturated rings. The Morgan fingerprint density at radius 1 is 1.20 bits per heavy atom. The van der Waals surface area contributed by atoms with E-state index in [1.165, 1.54) is 0 Å². The van der Waals surface area contributed by atoms with Crippen molar-refractivity contribution in [3.05, 3.63) is 22.7 Å². The van der Waals surface area contributed by atoms with E-state index in [-0.39, 0.29) is 0 Å². The van der Waals surface area contributed by atoms with E-state index in [1.807, 2.05) is 0 Å². The van der Waals surface area contributed by atoms with E-state index >= 15 is 0 Å². The predicted molar refractivity (Wildman–Crippen MR) is 57.7 cm³/mol. The van der Waals surface area contributed by atoms with Gasteiger partial charge in [-0.3, -0.25) is 0 Å². The summed E-state index contributed by atoms with van der Waals surface area (Å²) in [6.07, 6.45) is 1.52. The number of hydrogen-bond donors (Lipinski definition) is 1. The predicted octanol–water partition coefficient (Wildman–Crippen LogP) is 2.34. The van der Waals surface area contributed by atoms with Crippen LogP contribution in [-0.2, 0) is 5.60 Å². The summed E-state index contributed by atoms with van der Waals surface area (Å²) in [5, 5.41) is 10.5. The number of aliphatic hydroxyl groups is 1. The molecule has 1 saturated carbocycles. The Hall–Kier alpha value is -0.930. The molecular weight excluding hydrogens is 216 g/mol. The summed E-state index contributed by atoms with van der Waals surface area (Å²) in [7, 11) is 3.11. The molecule has 0 amide bonds. The third-order valence-electron chi connectivity index (χ3n) is 2.70. The van der Waals surface area contributed by atoms with Crippen molar-refractivity contribution < 1.29 is 14.6 Å². The lowest BCUT2D eigenvalue weighted by atomic mass is 10.1. The lowest BCUT2D eigenvalue weighted by Crippen LogP contribution is -2.07. The minimum atomic E-state index is -0.747. The van der Waals surface area contributed by atoms with Gasteiger partial charge in [0.1, 0.15) is 11.5 Å². The zero-order valence-corrected chi connectivity index (χ0v) is 9.47. The maximum absolute atomic E-state index is 10.0. The van der Waals surface area contributed by atoms with Gasteiger partial charge in [-0.05, 0) is 18.9 Å². The molecule has 0 atom stereocenters. The van der Waals surface area contributed by atoms with E-state index in [0.717, 1.165) is 18.4 Å². The fourth-order valence-electron chi connectivity index (χ4n) is 1.61. The van der Waals surface area contributed by atoms with Crippen LogP contribution in [0.1, 0.15) is 18.4 Å². The molecular formula is C11H13ClO3. The first-order valence-corrected chi connectivity index (χ1v) is 5.13. The molecule has 82 valence electrons. The normalized spacial score (nSPS) is 17.3. The molecule has 3 nitrogen and oxygen atoms in total. The van der Waals surface area contributed by atoms with Gasteiger partial charge in [0.2, 0.25) is 0 Å². The van der Waals surface area contributed by atoms with Gasteiger partial charge in [-0.1, -0.05) is 11.6 Å². The third-order valence-corrected chi connectivity index (χ3v) is 2.99. The Morgan fingerprint density at radius 2 is 1.80 bits per heavy atom. The van der Waals surface area contributed by atoms with E-state index < -0.39 is 5.60 Å². The van der Waals surface area contributed by atoms with Crippen molar-refractivity contribution in [1.82, 2.24) is 0 Å². The third kappa shape index (κ3) is 1.77. The second kappa shape index (κ2) is 3.58. The number of methoxy groups -OCH3 is 2. The molecule has 1 aromatic rings. The number of hydrogen-bond acceptors (Lipinski definition) is 3. The molecule has 1 aromatic carbocycles. The van der Waals surface area contributed by atoms with Gasteiger partial charge in [0.15, 0.2) is 0 Å². The summed E-state index contributed by atoms with van der Waals surface area (Å²) in [5.74, 6) is 1.17. The largest absolute Gasteiger partial charge is 0.496 e. The van der Waals surface area contributed by atoms with Crippen LogP contribution in [0.3, 0.4) is 0 Å². The molecule has 0 saturated heterocycles. The van der Waals surface area contributed by atoms with Crippen LogP contribution in [0.2, 0.25) is 5.02 Å². The molecule has 0 spiro atoms. The zero-order chi connectivity index (χ0) is 11.1. The minimum absolute atomic E-state index is 0.488. The molecule has 0 aliphatic heterocycles. The topological polar surface area (TPSA) is 38.7 Å². The van der Waals surface area contributed by atoms with Crippen molar-refractivity contribution >= 4 is 11.6 Å². The van der Waals surface area contributed by atoms with Crippen LogP contribution in [0.5, 0.6) is 11.5 Å².